The van der Waals surface area contributed by atoms with Crippen molar-refractivity contribution in [1.82, 2.24) is 44.1 Å². The predicted molar refractivity (Wildman–Crippen MR) is 471 cm³/mol. The van der Waals surface area contributed by atoms with Gasteiger partial charge in [0.25, 0.3) is 0 Å². The molecule has 127 heavy (non-hydrogen) atoms. The van der Waals surface area contributed by atoms with Gasteiger partial charge in [-0.15, -0.1) is 20.4 Å². The summed E-state index contributed by atoms with van der Waals surface area (Å²) in [6, 6.07) is 39.0. The van der Waals surface area contributed by atoms with Crippen molar-refractivity contribution in [2.75, 3.05) is 0 Å². The van der Waals surface area contributed by atoms with Crippen LogP contribution >= 0.6 is 0 Å². The summed E-state index contributed by atoms with van der Waals surface area (Å²) in [5, 5.41) is 23.9. The second kappa shape index (κ2) is 25.7. The molecule has 10 nitrogen and oxygen atoms in total. The maximum Gasteiger partial charge on any atom is 0.411 e. The molecular formula is C105H99F12N9O. The zero-order valence-electron chi connectivity index (χ0n) is 73.7. The quantitative estimate of drug-likeness (QED) is 0.0715. The summed E-state index contributed by atoms with van der Waals surface area (Å²) in [5.41, 5.74) is -9.29. The van der Waals surface area contributed by atoms with E-state index in [4.69, 9.17) is 34.7 Å². The average molecular weight is 1730 g/mol. The summed E-state index contributed by atoms with van der Waals surface area (Å²) in [7, 11) is 0. The number of halogens is 12. The van der Waals surface area contributed by atoms with E-state index in [2.05, 4.69) is 129 Å². The van der Waals surface area contributed by atoms with Gasteiger partial charge < -0.3 is 4.42 Å². The number of nitrogens with zero attached hydrogens (tertiary/aromatic N) is 9. The summed E-state index contributed by atoms with van der Waals surface area (Å²) in [4.78, 5) is 18.4. The Balaban J connectivity index is 0.755. The molecule has 0 unspecified atom stereocenters. The Labute approximate surface area is 728 Å². The summed E-state index contributed by atoms with van der Waals surface area (Å²) in [6.45, 7) is 33.0. The molecule has 0 aliphatic heterocycles. The third kappa shape index (κ3) is 10.2. The van der Waals surface area contributed by atoms with Gasteiger partial charge in [0, 0.05) is 49.4 Å². The Hall–Kier alpha value is -10.5. The number of oxazole rings is 1. The van der Waals surface area contributed by atoms with Gasteiger partial charge in [0.1, 0.15) is 5.76 Å². The molecule has 0 N–H and O–H groups in total. The first kappa shape index (κ1) is 82.2. The fraction of sp³-hybridized carbons (Fsp3) is 0.438. The van der Waals surface area contributed by atoms with Crippen molar-refractivity contribution in [3.63, 3.8) is 0 Å². The molecule has 4 saturated carbocycles. The average Bonchev–Trinajstić information content (AvgIpc) is 1.44. The monoisotopic (exact) mass is 1730 g/mol. The molecule has 6 heterocycles. The summed E-state index contributed by atoms with van der Waals surface area (Å²) < 4.78 is 204. The molecule has 4 fully saturated rings. The molecular weight excluding hydrogens is 1630 g/mol. The molecule has 22 heteroatoms. The van der Waals surface area contributed by atoms with Gasteiger partial charge in [-0.25, -0.2) is 15.0 Å². The lowest BCUT2D eigenvalue weighted by Gasteiger charge is -2.73. The number of hydrogen-bond donors (Lipinski definition) is 0. The van der Waals surface area contributed by atoms with Crippen LogP contribution in [0, 0.1) is 57.2 Å². The van der Waals surface area contributed by atoms with E-state index in [0.717, 1.165) is 177 Å². The van der Waals surface area contributed by atoms with Crippen LogP contribution in [-0.2, 0) is 21.7 Å². The highest BCUT2D eigenvalue weighted by molar-refractivity contribution is 6.22. The van der Waals surface area contributed by atoms with Crippen LogP contribution in [0.4, 0.5) is 52.7 Å². The number of para-hydroxylation sites is 2. The molecule has 8 aromatic carbocycles. The minimum Gasteiger partial charge on any atom is -0.441 e. The largest absolute Gasteiger partial charge is 0.441 e. The first-order chi connectivity index (χ1) is 59.9. The van der Waals surface area contributed by atoms with Crippen molar-refractivity contribution in [3.05, 3.63) is 208 Å². The molecule has 0 atom stereocenters. The van der Waals surface area contributed by atoms with Crippen molar-refractivity contribution in [2.45, 2.75) is 246 Å². The number of hydrogen-bond acceptors (Lipinski definition) is 8. The number of aryl methyl sites for hydroxylation is 2. The predicted octanol–water partition coefficient (Wildman–Crippen LogP) is 29.5. The Morgan fingerprint density at radius 1 is 0.346 bits per heavy atom. The van der Waals surface area contributed by atoms with Gasteiger partial charge >= 0.3 is 24.7 Å². The van der Waals surface area contributed by atoms with Crippen molar-refractivity contribution in [2.24, 2.45) is 43.3 Å². The highest BCUT2D eigenvalue weighted by atomic mass is 19.4. The maximum absolute atomic E-state index is 16.5. The summed E-state index contributed by atoms with van der Waals surface area (Å²) in [5.74, 6) is 1.79. The zero-order valence-corrected chi connectivity index (χ0v) is 73.7. The molecule has 0 radical (unpaired) electrons. The Bertz CT molecular complexity index is 7010. The van der Waals surface area contributed by atoms with Crippen LogP contribution in [0.25, 0.3) is 134 Å². The van der Waals surface area contributed by atoms with Crippen LogP contribution in [0.1, 0.15) is 242 Å². The van der Waals surface area contributed by atoms with Crippen molar-refractivity contribution in [3.8, 4) is 79.0 Å². The van der Waals surface area contributed by atoms with Crippen LogP contribution in [0.2, 0.25) is 0 Å². The zero-order chi connectivity index (χ0) is 89.4. The number of benzene rings is 8. The van der Waals surface area contributed by atoms with Crippen LogP contribution in [0.15, 0.2) is 156 Å². The molecule has 6 aromatic heterocycles. The molecule has 8 aliphatic carbocycles. The van der Waals surface area contributed by atoms with Crippen LogP contribution in [-0.4, -0.2) is 68.9 Å². The van der Waals surface area contributed by atoms with Gasteiger partial charge in [-0.3, -0.25) is 8.80 Å². The minimum atomic E-state index is -6.29. The number of aromatic nitrogens is 9. The van der Waals surface area contributed by atoms with Crippen molar-refractivity contribution >= 4 is 54.6 Å². The number of alkyl halides is 12. The number of pyridine rings is 2. The lowest BCUT2D eigenvalue weighted by molar-refractivity contribution is -0.289. The van der Waals surface area contributed by atoms with Gasteiger partial charge in [0.15, 0.2) is 22.9 Å². The van der Waals surface area contributed by atoms with Crippen LogP contribution in [0.3, 0.4) is 0 Å². The van der Waals surface area contributed by atoms with Crippen LogP contribution < -0.4 is 0 Å². The topological polar surface area (TPSA) is 112 Å². The second-order valence-electron chi connectivity index (χ2n) is 42.7. The van der Waals surface area contributed by atoms with Crippen molar-refractivity contribution < 1.29 is 57.1 Å². The lowest BCUT2D eigenvalue weighted by atomic mass is 9.30. The van der Waals surface area contributed by atoms with E-state index in [-0.39, 0.29) is 78.1 Å². The molecule has 4 bridgehead atoms. The first-order valence-corrected chi connectivity index (χ1v) is 45.0. The fourth-order valence-electron chi connectivity index (χ4n) is 30.9. The Morgan fingerprint density at radius 2 is 0.685 bits per heavy atom. The molecule has 22 rings (SSSR count). The van der Waals surface area contributed by atoms with Crippen molar-refractivity contribution in [1.29, 1.82) is 0 Å². The van der Waals surface area contributed by atoms with E-state index in [0.29, 0.717) is 61.9 Å². The number of fused-ring (bicyclic) bond motifs is 24. The van der Waals surface area contributed by atoms with Gasteiger partial charge in [0.2, 0.25) is 16.7 Å². The van der Waals surface area contributed by atoms with Gasteiger partial charge in [-0.2, -0.15) is 52.7 Å². The van der Waals surface area contributed by atoms with E-state index in [1.54, 1.807) is 22.6 Å². The number of rotatable bonds is 11. The molecule has 2 spiro atoms. The normalized spacial score (nSPS) is 25.2. The third-order valence-corrected chi connectivity index (χ3v) is 32.1. The van der Waals surface area contributed by atoms with E-state index < -0.39 is 90.9 Å². The third-order valence-electron chi connectivity index (χ3n) is 32.1. The van der Waals surface area contributed by atoms with Gasteiger partial charge in [0.05, 0.1) is 50.8 Å². The smallest absolute Gasteiger partial charge is 0.411 e. The maximum atomic E-state index is 16.5. The highest BCUT2D eigenvalue weighted by Crippen LogP contribution is 2.85. The van der Waals surface area contributed by atoms with Gasteiger partial charge in [-0.05, 0) is 261 Å². The van der Waals surface area contributed by atoms with E-state index >= 15 is 52.7 Å². The Morgan fingerprint density at radius 3 is 1.06 bits per heavy atom. The molecule has 8 aliphatic rings. The first-order valence-electron chi connectivity index (χ1n) is 45.0. The summed E-state index contributed by atoms with van der Waals surface area (Å²) >= 11 is 0. The standard InChI is InChI=1S/C105H99F12N9O/c1-15-35-94-48-90(7,8)50-95(36-16-2,51-91(9,10)49-94)100(94)75-41-59(29-33-65(75)81-83(100)120-82-66-34-30-60(89-118-47-57(6)127-89)42-76(66)101(84(82)119-81)96(37-17-3)52-92(11,12)54-97(101,38-18-4)55-93(13,14)53-96)86-122-124-88-72-44-67-63-23-19-21-25-79(63)125-85(121-123-87(125)71(67)43-68(72)64-24-20-22-26-80(64)126(86)88)58-28-32-62-70-46-77-69(45-78(70)99(74(62)40-58,104(112,113)114)105(115,116)117)61-31-27-56(5)39-73(61)98(77,102(106,107)108)103(109,110)111/h19-34,39-47H,15-18,35-38,48-55H2,1-14H3. The van der Waals surface area contributed by atoms with Crippen LogP contribution in [0.5, 0.6) is 0 Å². The summed E-state index contributed by atoms with van der Waals surface area (Å²) in [6.07, 6.45) is -7.10. The fourth-order valence-corrected chi connectivity index (χ4v) is 30.9. The SMILES string of the molecule is CCCC12CC(C)(C)CC(CCC)(CC(C)(C)C1)C21c2cc(-c3ncc(C)o3)ccc2-c2nc3c(nc21)-c1ccc(-c2nnc4c5cc6c7ccccc7n7c(-c8ccc9c(c8)C(C(F)(F)F)(C(F)(F)F)c8cc%10c(cc8-9)C(C(F)(F)F)(C(F)(F)F)c8cc(C)ccc8-%10)nnc7c6cc5c5ccccc5n24)cc1C31C2(CCC)CC(C)(C)CC1(CCC)CC(C)(C)C2. The molecule has 654 valence electrons. The molecule has 0 amide bonds. The van der Waals surface area contributed by atoms with E-state index in [9.17, 15) is 0 Å². The lowest BCUT2D eigenvalue weighted by Crippen LogP contribution is -2.68. The Kier molecular flexibility index (Phi) is 16.7. The van der Waals surface area contributed by atoms with E-state index in [1.807, 2.05) is 55.6 Å². The highest BCUT2D eigenvalue weighted by Gasteiger charge is 2.81. The molecule has 14 aromatic rings. The molecule has 0 saturated heterocycles. The second-order valence-corrected chi connectivity index (χ2v) is 42.7. The van der Waals surface area contributed by atoms with Gasteiger partial charge in [-0.1, -0.05) is 199 Å². The van der Waals surface area contributed by atoms with E-state index in [1.165, 1.54) is 29.7 Å². The minimum absolute atomic E-state index is 0.0250.